The van der Waals surface area contributed by atoms with Crippen molar-refractivity contribution < 1.29 is 14.4 Å². The van der Waals surface area contributed by atoms with Crippen molar-refractivity contribution >= 4 is 17.3 Å². The molecule has 0 aromatic rings. The van der Waals surface area contributed by atoms with Gasteiger partial charge in [0.05, 0.1) is 0 Å². The Labute approximate surface area is 188 Å². The van der Waals surface area contributed by atoms with Crippen molar-refractivity contribution in [2.45, 2.75) is 86.5 Å². The average Bonchev–Trinajstić information content (AvgIpc) is 3.03. The maximum absolute atomic E-state index is 13.7. The summed E-state index contributed by atoms with van der Waals surface area (Å²) < 4.78 is 0. The second-order valence-electron chi connectivity index (χ2n) is 11.9. The van der Waals surface area contributed by atoms with Crippen molar-refractivity contribution in [2.24, 2.45) is 45.8 Å². The molecule has 0 aromatic heterocycles. The molecule has 0 saturated heterocycles. The number of Topliss-reactive ketones (excluding diaryl/α,β-unsaturated/α-hetero) is 2. The molecule has 31 heavy (non-hydrogen) atoms. The van der Waals surface area contributed by atoms with Crippen LogP contribution < -0.4 is 0 Å². The van der Waals surface area contributed by atoms with Crippen LogP contribution in [0.15, 0.2) is 23.8 Å². The van der Waals surface area contributed by atoms with Gasteiger partial charge in [-0.25, -0.2) is 0 Å². The minimum Gasteiger partial charge on any atom is -0.299 e. The first-order valence-corrected chi connectivity index (χ1v) is 12.5. The van der Waals surface area contributed by atoms with Crippen LogP contribution in [-0.4, -0.2) is 17.3 Å². The first kappa shape index (κ1) is 22.7. The van der Waals surface area contributed by atoms with E-state index >= 15 is 0 Å². The van der Waals surface area contributed by atoms with Gasteiger partial charge in [0.15, 0.2) is 11.6 Å². The third kappa shape index (κ3) is 3.09. The van der Waals surface area contributed by atoms with E-state index in [2.05, 4.69) is 53.7 Å². The highest BCUT2D eigenvalue weighted by atomic mass is 16.1. The molecule has 0 N–H and O–H groups in total. The largest absolute Gasteiger partial charge is 0.299 e. The molecule has 0 amide bonds. The quantitative estimate of drug-likeness (QED) is 0.511. The van der Waals surface area contributed by atoms with E-state index in [1.807, 2.05) is 0 Å². The Bertz CT molecular complexity index is 863. The van der Waals surface area contributed by atoms with E-state index in [-0.39, 0.29) is 28.3 Å². The molecule has 4 aliphatic carbocycles. The maximum Gasteiger partial charge on any atom is 0.160 e. The van der Waals surface area contributed by atoms with Gasteiger partial charge in [0.25, 0.3) is 0 Å². The Hall–Kier alpha value is -1.51. The summed E-state index contributed by atoms with van der Waals surface area (Å²) in [5.41, 5.74) is -0.310. The molecule has 3 saturated carbocycles. The lowest BCUT2D eigenvalue weighted by atomic mass is 9.41. The van der Waals surface area contributed by atoms with E-state index in [4.69, 9.17) is 0 Å². The van der Waals surface area contributed by atoms with Crippen molar-refractivity contribution in [3.05, 3.63) is 23.8 Å². The number of rotatable bonds is 4. The highest BCUT2D eigenvalue weighted by Crippen LogP contribution is 2.73. The zero-order valence-electron chi connectivity index (χ0n) is 20.3. The van der Waals surface area contributed by atoms with Gasteiger partial charge in [0.2, 0.25) is 0 Å². The molecule has 0 bridgehead atoms. The van der Waals surface area contributed by atoms with Crippen molar-refractivity contribution in [3.63, 3.8) is 0 Å². The Morgan fingerprint density at radius 1 is 0.968 bits per heavy atom. The zero-order valence-corrected chi connectivity index (χ0v) is 20.3. The maximum atomic E-state index is 13.7. The number of hydrogen-bond acceptors (Lipinski definition) is 3. The third-order valence-corrected chi connectivity index (χ3v) is 10.3. The topological polar surface area (TPSA) is 51.2 Å². The van der Waals surface area contributed by atoms with E-state index in [0.29, 0.717) is 55.1 Å². The molecule has 4 rings (SSSR count). The van der Waals surface area contributed by atoms with Crippen LogP contribution in [0.2, 0.25) is 0 Å². The van der Waals surface area contributed by atoms with Gasteiger partial charge in [-0.15, -0.1) is 0 Å². The molecular weight excluding hydrogens is 384 g/mol. The highest BCUT2D eigenvalue weighted by molar-refractivity contribution is 6.08. The van der Waals surface area contributed by atoms with Crippen molar-refractivity contribution in [2.75, 3.05) is 0 Å². The molecule has 170 valence electrons. The highest BCUT2D eigenvalue weighted by Gasteiger charge is 2.72. The Morgan fingerprint density at radius 3 is 2.35 bits per heavy atom. The van der Waals surface area contributed by atoms with Crippen LogP contribution in [0.4, 0.5) is 0 Å². The lowest BCUT2D eigenvalue weighted by Gasteiger charge is -2.60. The SMILES string of the molecule is CC(C)C(C)/C=C/C(C)[C@H]1CCC(=O)[C@]23CC(=O)C4=CC(=O)CC[C@]4(C)[C@H]2CC[C@]13C. The molecule has 0 aliphatic heterocycles. The van der Waals surface area contributed by atoms with Crippen molar-refractivity contribution in [1.82, 2.24) is 0 Å². The molecule has 0 radical (unpaired) electrons. The summed E-state index contributed by atoms with van der Waals surface area (Å²) in [5, 5.41) is 0. The van der Waals surface area contributed by atoms with Crippen LogP contribution in [0.3, 0.4) is 0 Å². The molecule has 3 nitrogen and oxygen atoms in total. The fourth-order valence-corrected chi connectivity index (χ4v) is 8.03. The number of ketones is 3. The van der Waals surface area contributed by atoms with E-state index in [1.54, 1.807) is 6.08 Å². The summed E-state index contributed by atoms with van der Waals surface area (Å²) in [4.78, 5) is 39.3. The van der Waals surface area contributed by atoms with Crippen LogP contribution in [0.1, 0.15) is 86.5 Å². The smallest absolute Gasteiger partial charge is 0.160 e. The molecule has 7 atom stereocenters. The molecule has 0 heterocycles. The van der Waals surface area contributed by atoms with E-state index < -0.39 is 5.41 Å². The Kier molecular flexibility index (Phi) is 5.50. The van der Waals surface area contributed by atoms with Crippen LogP contribution in [0.25, 0.3) is 0 Å². The number of carbonyl (C=O) groups is 3. The van der Waals surface area contributed by atoms with Gasteiger partial charge in [0.1, 0.15) is 5.78 Å². The van der Waals surface area contributed by atoms with Gasteiger partial charge in [-0.3, -0.25) is 14.4 Å². The van der Waals surface area contributed by atoms with Gasteiger partial charge >= 0.3 is 0 Å². The molecular formula is C28H40O3. The summed E-state index contributed by atoms with van der Waals surface area (Å²) in [6.45, 7) is 13.6. The average molecular weight is 425 g/mol. The normalized spacial score (nSPS) is 42.3. The lowest BCUT2D eigenvalue weighted by molar-refractivity contribution is -0.164. The number of allylic oxidation sites excluding steroid dienone is 4. The summed E-state index contributed by atoms with van der Waals surface area (Å²) in [5.74, 6) is 2.60. The number of carbonyl (C=O) groups excluding carboxylic acids is 3. The molecule has 0 aromatic carbocycles. The molecule has 3 fully saturated rings. The van der Waals surface area contributed by atoms with Gasteiger partial charge in [-0.2, -0.15) is 0 Å². The van der Waals surface area contributed by atoms with E-state index in [1.165, 1.54) is 0 Å². The summed E-state index contributed by atoms with van der Waals surface area (Å²) >= 11 is 0. The summed E-state index contributed by atoms with van der Waals surface area (Å²) in [6, 6.07) is 0. The van der Waals surface area contributed by atoms with Gasteiger partial charge in [-0.1, -0.05) is 53.7 Å². The first-order valence-electron chi connectivity index (χ1n) is 12.5. The minimum atomic E-state index is -0.550. The predicted molar refractivity (Wildman–Crippen MR) is 123 cm³/mol. The van der Waals surface area contributed by atoms with Crippen LogP contribution in [-0.2, 0) is 14.4 Å². The van der Waals surface area contributed by atoms with E-state index in [9.17, 15) is 14.4 Å². The van der Waals surface area contributed by atoms with Crippen LogP contribution >= 0.6 is 0 Å². The van der Waals surface area contributed by atoms with E-state index in [0.717, 1.165) is 24.8 Å². The summed E-state index contributed by atoms with van der Waals surface area (Å²) in [7, 11) is 0. The standard InChI is InChI=1S/C28H40O3/c1-17(2)18(3)7-8-19(4)21-9-10-25(31)28-16-23(30)22-15-20(29)11-13-26(22,5)24(28)12-14-27(21,28)6/h7-8,15,17-19,21,24H,9-14,16H2,1-6H3/b8-7+/t18?,19?,21-,24-,26+,27-,28+/m1/s1. The Morgan fingerprint density at radius 2 is 1.68 bits per heavy atom. The first-order chi connectivity index (χ1) is 14.5. The van der Waals surface area contributed by atoms with Crippen molar-refractivity contribution in [3.8, 4) is 0 Å². The lowest BCUT2D eigenvalue weighted by Crippen LogP contribution is -2.61. The van der Waals surface area contributed by atoms with Gasteiger partial charge < -0.3 is 0 Å². The predicted octanol–water partition coefficient (Wildman–Crippen LogP) is 6.12. The zero-order chi connectivity index (χ0) is 22.8. The molecule has 1 spiro atoms. The molecule has 2 unspecified atom stereocenters. The second-order valence-corrected chi connectivity index (χ2v) is 11.9. The fraction of sp³-hybridized carbons (Fsp3) is 0.750. The minimum absolute atomic E-state index is 0.0607. The molecule has 4 aliphatic rings. The van der Waals surface area contributed by atoms with Gasteiger partial charge in [0, 0.05) is 35.7 Å². The van der Waals surface area contributed by atoms with Crippen LogP contribution in [0.5, 0.6) is 0 Å². The Balaban J connectivity index is 1.74. The van der Waals surface area contributed by atoms with Gasteiger partial charge in [-0.05, 0) is 66.8 Å². The van der Waals surface area contributed by atoms with Crippen LogP contribution in [0, 0.1) is 45.8 Å². The monoisotopic (exact) mass is 424 g/mol. The number of hydrogen-bond donors (Lipinski definition) is 0. The second kappa shape index (κ2) is 7.52. The van der Waals surface area contributed by atoms with Crippen molar-refractivity contribution in [1.29, 1.82) is 0 Å². The fourth-order valence-electron chi connectivity index (χ4n) is 8.03. The molecule has 3 heteroatoms. The summed E-state index contributed by atoms with van der Waals surface area (Å²) in [6.07, 6.45) is 11.4. The number of fused-ring (bicyclic) bond motifs is 2. The third-order valence-electron chi connectivity index (χ3n) is 10.3.